The van der Waals surface area contributed by atoms with Crippen LogP contribution in [0.3, 0.4) is 0 Å². The quantitative estimate of drug-likeness (QED) is 0.128. The molecule has 0 saturated heterocycles. The Labute approximate surface area is 277 Å². The zero-order valence-electron chi connectivity index (χ0n) is 28.6. The lowest BCUT2D eigenvalue weighted by molar-refractivity contribution is -0.117. The van der Waals surface area contributed by atoms with Gasteiger partial charge < -0.3 is 15.4 Å². The van der Waals surface area contributed by atoms with E-state index in [0.29, 0.717) is 31.5 Å². The van der Waals surface area contributed by atoms with E-state index in [1.54, 1.807) is 0 Å². The van der Waals surface area contributed by atoms with Crippen LogP contribution in [-0.2, 0) is 17.9 Å². The summed E-state index contributed by atoms with van der Waals surface area (Å²) in [6.45, 7) is 9.89. The summed E-state index contributed by atoms with van der Waals surface area (Å²) in [5.74, 6) is 0.740. The Balaban J connectivity index is 0.000000724. The van der Waals surface area contributed by atoms with Gasteiger partial charge in [-0.2, -0.15) is 5.26 Å². The highest BCUT2D eigenvalue weighted by Crippen LogP contribution is 2.31. The van der Waals surface area contributed by atoms with Crippen LogP contribution in [0.15, 0.2) is 90.5 Å². The molecule has 0 saturated carbocycles. The van der Waals surface area contributed by atoms with Crippen LogP contribution in [0.5, 0.6) is 5.75 Å². The summed E-state index contributed by atoms with van der Waals surface area (Å²) in [4.78, 5) is 14.8. The van der Waals surface area contributed by atoms with Gasteiger partial charge in [0.1, 0.15) is 18.4 Å². The molecule has 2 N–H and O–H groups in total. The maximum Gasteiger partial charge on any atom is 0.236 e. The predicted octanol–water partition coefficient (Wildman–Crippen LogP) is 7.41. The number of carbonyl (C=O) groups is 1. The van der Waals surface area contributed by atoms with Crippen LogP contribution < -0.4 is 15.4 Å². The maximum atomic E-state index is 12.3. The first-order valence-electron chi connectivity index (χ1n) is 16.8. The highest BCUT2D eigenvalue weighted by molar-refractivity contribution is 5.95. The topological polar surface area (TPSA) is 77.4 Å². The number of hydrogen-bond acceptors (Lipinski definition) is 6. The molecular weight excluding hydrogens is 568 g/mol. The van der Waals surface area contributed by atoms with Crippen molar-refractivity contribution in [3.63, 3.8) is 0 Å². The van der Waals surface area contributed by atoms with E-state index in [9.17, 15) is 10.1 Å². The molecule has 0 bridgehead atoms. The molecule has 1 aliphatic carbocycles. The van der Waals surface area contributed by atoms with E-state index in [2.05, 4.69) is 90.9 Å². The molecule has 3 aromatic rings. The fourth-order valence-electron chi connectivity index (χ4n) is 6.12. The number of hydrogen-bond donors (Lipinski definition) is 2. The third-order valence-corrected chi connectivity index (χ3v) is 8.66. The molecule has 4 rings (SSSR count). The summed E-state index contributed by atoms with van der Waals surface area (Å²) in [6.07, 6.45) is 7.62. The van der Waals surface area contributed by atoms with Gasteiger partial charge in [0.15, 0.2) is 0 Å². The van der Waals surface area contributed by atoms with Crippen LogP contribution in [0.2, 0.25) is 0 Å². The Morgan fingerprint density at radius 3 is 2.39 bits per heavy atom. The summed E-state index contributed by atoms with van der Waals surface area (Å²) in [6, 6.07) is 29.3. The second kappa shape index (κ2) is 20.4. The second-order valence-corrected chi connectivity index (χ2v) is 12.5. The van der Waals surface area contributed by atoms with Gasteiger partial charge in [-0.25, -0.2) is 0 Å². The highest BCUT2D eigenvalue weighted by atomic mass is 16.5. The number of ketones is 1. The Morgan fingerprint density at radius 2 is 1.74 bits per heavy atom. The Bertz CT molecular complexity index is 1400. The van der Waals surface area contributed by atoms with Crippen molar-refractivity contribution in [1.82, 2.24) is 15.5 Å². The first-order valence-corrected chi connectivity index (χ1v) is 16.8. The average molecular weight is 623 g/mol. The number of rotatable bonds is 16. The maximum absolute atomic E-state index is 12.3. The van der Waals surface area contributed by atoms with Crippen LogP contribution in [0.25, 0.3) is 0 Å². The lowest BCUT2D eigenvalue weighted by atomic mass is 9.82. The number of ether oxygens (including phenoxy) is 1. The van der Waals surface area contributed by atoms with Crippen LogP contribution in [0.4, 0.5) is 0 Å². The van der Waals surface area contributed by atoms with E-state index < -0.39 is 0 Å². The zero-order valence-corrected chi connectivity index (χ0v) is 28.6. The van der Waals surface area contributed by atoms with Gasteiger partial charge in [0.2, 0.25) is 5.78 Å². The lowest BCUT2D eigenvalue weighted by Crippen LogP contribution is -2.37. The van der Waals surface area contributed by atoms with E-state index in [1.165, 1.54) is 16.7 Å². The fourth-order valence-corrected chi connectivity index (χ4v) is 6.12. The van der Waals surface area contributed by atoms with Gasteiger partial charge >= 0.3 is 0 Å². The summed E-state index contributed by atoms with van der Waals surface area (Å²) in [5, 5.41) is 15.8. The molecule has 6 nitrogen and oxygen atoms in total. The SMILES string of the molecule is CCCC1=CC(NC)CCC1CN(CCC(CNC)C(=O)C#N)Cc1ccccc1OCc1cccc(C)c1.Cc1ccccc1. The smallest absolute Gasteiger partial charge is 0.236 e. The van der Waals surface area contributed by atoms with Crippen LogP contribution in [-0.4, -0.2) is 50.5 Å². The van der Waals surface area contributed by atoms with Gasteiger partial charge in [-0.05, 0) is 77.7 Å². The molecule has 3 aromatic carbocycles. The molecule has 0 amide bonds. The Kier molecular flexibility index (Phi) is 16.3. The van der Waals surface area contributed by atoms with Gasteiger partial charge in [-0.15, -0.1) is 0 Å². The standard InChI is InChI=1S/C33H46N4O2.C7H8/c1-5-9-27-19-31(36-4)15-14-29(27)22-37(17-16-28(21-35-3)32(38)20-34)23-30-12-6-7-13-33(30)39-24-26-11-8-10-25(2)18-26;1-7-5-3-2-4-6-7/h6-8,10-13,18-19,28-29,31,35-36H,5,9,14-17,21-24H2,1-4H3;2-6H,1H3. The third kappa shape index (κ3) is 12.6. The first-order chi connectivity index (χ1) is 22.4. The Morgan fingerprint density at radius 1 is 1.00 bits per heavy atom. The van der Waals surface area contributed by atoms with Gasteiger partial charge in [-0.1, -0.05) is 109 Å². The van der Waals surface area contributed by atoms with Crippen molar-refractivity contribution >= 4 is 5.78 Å². The van der Waals surface area contributed by atoms with Crippen molar-refractivity contribution in [2.24, 2.45) is 11.8 Å². The molecule has 3 atom stereocenters. The molecule has 46 heavy (non-hydrogen) atoms. The zero-order chi connectivity index (χ0) is 33.1. The first kappa shape index (κ1) is 36.7. The number of likely N-dealkylation sites (N-methyl/N-ethyl adjacent to an activating group) is 1. The second-order valence-electron chi connectivity index (χ2n) is 12.5. The van der Waals surface area contributed by atoms with E-state index in [0.717, 1.165) is 62.2 Å². The largest absolute Gasteiger partial charge is 0.489 e. The average Bonchev–Trinajstić information content (AvgIpc) is 3.07. The minimum Gasteiger partial charge on any atom is -0.489 e. The van der Waals surface area contributed by atoms with E-state index in [4.69, 9.17) is 4.74 Å². The number of Topliss-reactive ketones (excluding diaryl/α,β-unsaturated/α-hetero) is 1. The molecule has 246 valence electrons. The van der Waals surface area contributed by atoms with Gasteiger partial charge in [-0.3, -0.25) is 9.69 Å². The van der Waals surface area contributed by atoms with E-state index in [-0.39, 0.29) is 11.7 Å². The minimum atomic E-state index is -0.340. The summed E-state index contributed by atoms with van der Waals surface area (Å²) in [7, 11) is 3.87. The van der Waals surface area contributed by atoms with Crippen molar-refractivity contribution in [2.45, 2.75) is 72.1 Å². The highest BCUT2D eigenvalue weighted by Gasteiger charge is 2.26. The lowest BCUT2D eigenvalue weighted by Gasteiger charge is -2.34. The summed E-state index contributed by atoms with van der Waals surface area (Å²) < 4.78 is 6.32. The molecular formula is C40H54N4O2. The summed E-state index contributed by atoms with van der Waals surface area (Å²) in [5.41, 5.74) is 6.39. The van der Waals surface area contributed by atoms with Crippen LogP contribution in [0, 0.1) is 37.0 Å². The molecule has 1 aliphatic rings. The molecule has 0 aliphatic heterocycles. The fraction of sp³-hybridized carbons (Fsp3) is 0.450. The number of aryl methyl sites for hydroxylation is 2. The third-order valence-electron chi connectivity index (χ3n) is 8.66. The number of benzene rings is 3. The normalized spacial score (nSPS) is 16.5. The van der Waals surface area contributed by atoms with E-state index in [1.807, 2.05) is 50.5 Å². The summed E-state index contributed by atoms with van der Waals surface area (Å²) >= 11 is 0. The van der Waals surface area contributed by atoms with Gasteiger partial charge in [0.25, 0.3) is 0 Å². The van der Waals surface area contributed by atoms with Gasteiger partial charge in [0, 0.05) is 37.2 Å². The molecule has 6 heteroatoms. The van der Waals surface area contributed by atoms with Crippen LogP contribution in [0.1, 0.15) is 61.3 Å². The van der Waals surface area contributed by atoms with Gasteiger partial charge in [0.05, 0.1) is 0 Å². The predicted molar refractivity (Wildman–Crippen MR) is 190 cm³/mol. The van der Waals surface area contributed by atoms with Crippen molar-refractivity contribution in [3.8, 4) is 11.8 Å². The van der Waals surface area contributed by atoms with Crippen molar-refractivity contribution in [2.75, 3.05) is 33.7 Å². The van der Waals surface area contributed by atoms with E-state index >= 15 is 0 Å². The molecule has 0 spiro atoms. The number of para-hydroxylation sites is 1. The van der Waals surface area contributed by atoms with Crippen molar-refractivity contribution in [1.29, 1.82) is 5.26 Å². The van der Waals surface area contributed by atoms with Crippen LogP contribution >= 0.6 is 0 Å². The number of carbonyl (C=O) groups excluding carboxylic acids is 1. The van der Waals surface area contributed by atoms with Crippen molar-refractivity contribution < 1.29 is 9.53 Å². The molecule has 0 aromatic heterocycles. The molecule has 0 radical (unpaired) electrons. The number of nitrogens with zero attached hydrogens (tertiary/aromatic N) is 2. The number of nitriles is 1. The van der Waals surface area contributed by atoms with Crippen molar-refractivity contribution in [3.05, 3.63) is 113 Å². The monoisotopic (exact) mass is 622 g/mol. The molecule has 0 heterocycles. The molecule has 3 unspecified atom stereocenters. The minimum absolute atomic E-state index is 0.305. The number of nitrogens with one attached hydrogen (secondary N) is 2. The Hall–Kier alpha value is -3.76. The molecule has 0 fully saturated rings.